The van der Waals surface area contributed by atoms with E-state index in [1.807, 2.05) is 19.2 Å². The Morgan fingerprint density at radius 3 is 2.93 bits per heavy atom. The molecule has 84 valence electrons. The predicted octanol–water partition coefficient (Wildman–Crippen LogP) is 1.12. The van der Waals surface area contributed by atoms with Crippen LogP contribution in [0.2, 0.25) is 0 Å². The van der Waals surface area contributed by atoms with Crippen LogP contribution in [0.25, 0.3) is 0 Å². The molecule has 1 aromatic rings. The van der Waals surface area contributed by atoms with Crippen LogP contribution < -0.4 is 15.4 Å². The van der Waals surface area contributed by atoms with E-state index in [2.05, 4.69) is 16.8 Å². The lowest BCUT2D eigenvalue weighted by Crippen LogP contribution is -2.29. The fourth-order valence-corrected chi connectivity index (χ4v) is 1.46. The molecule has 0 fully saturated rings. The summed E-state index contributed by atoms with van der Waals surface area (Å²) < 4.78 is 5.25. The average molecular weight is 209 g/mol. The summed E-state index contributed by atoms with van der Waals surface area (Å²) in [4.78, 5) is 6.36. The summed E-state index contributed by atoms with van der Waals surface area (Å²) in [6, 6.07) is 3.77. The Morgan fingerprint density at radius 1 is 1.60 bits per heavy atom. The Morgan fingerprint density at radius 2 is 2.33 bits per heavy atom. The molecule has 15 heavy (non-hydrogen) atoms. The van der Waals surface area contributed by atoms with Crippen LogP contribution in [0.5, 0.6) is 5.75 Å². The van der Waals surface area contributed by atoms with Gasteiger partial charge in [-0.15, -0.1) is 0 Å². The third-order valence-electron chi connectivity index (χ3n) is 2.32. The van der Waals surface area contributed by atoms with Gasteiger partial charge in [0.2, 0.25) is 0 Å². The SMILES string of the molecule is COc1cccnc1N(C)CC(C)CN. The summed E-state index contributed by atoms with van der Waals surface area (Å²) in [5.41, 5.74) is 5.59. The summed E-state index contributed by atoms with van der Waals surface area (Å²) in [5.74, 6) is 2.10. The van der Waals surface area contributed by atoms with Gasteiger partial charge in [0, 0.05) is 19.8 Å². The lowest BCUT2D eigenvalue weighted by molar-refractivity contribution is 0.412. The highest BCUT2D eigenvalue weighted by Gasteiger charge is 2.11. The van der Waals surface area contributed by atoms with Gasteiger partial charge in [0.25, 0.3) is 0 Å². The summed E-state index contributed by atoms with van der Waals surface area (Å²) >= 11 is 0. The molecule has 0 aliphatic heterocycles. The van der Waals surface area contributed by atoms with Gasteiger partial charge in [0.05, 0.1) is 7.11 Å². The van der Waals surface area contributed by atoms with Gasteiger partial charge < -0.3 is 15.4 Å². The maximum Gasteiger partial charge on any atom is 0.171 e. The van der Waals surface area contributed by atoms with Crippen molar-refractivity contribution in [1.82, 2.24) is 4.98 Å². The van der Waals surface area contributed by atoms with Crippen LogP contribution >= 0.6 is 0 Å². The first-order valence-corrected chi connectivity index (χ1v) is 5.09. The Balaban J connectivity index is 2.76. The van der Waals surface area contributed by atoms with Crippen LogP contribution in [0.15, 0.2) is 18.3 Å². The van der Waals surface area contributed by atoms with E-state index >= 15 is 0 Å². The molecule has 0 bridgehead atoms. The summed E-state index contributed by atoms with van der Waals surface area (Å²) in [7, 11) is 3.65. The van der Waals surface area contributed by atoms with Gasteiger partial charge in [0.1, 0.15) is 0 Å². The number of nitrogens with two attached hydrogens (primary N) is 1. The van der Waals surface area contributed by atoms with E-state index in [0.29, 0.717) is 12.5 Å². The van der Waals surface area contributed by atoms with Crippen molar-refractivity contribution in [1.29, 1.82) is 0 Å². The van der Waals surface area contributed by atoms with Gasteiger partial charge in [-0.3, -0.25) is 0 Å². The Kier molecular flexibility index (Phi) is 4.37. The zero-order valence-electron chi connectivity index (χ0n) is 9.60. The molecular weight excluding hydrogens is 190 g/mol. The first-order chi connectivity index (χ1) is 7.19. The van der Waals surface area contributed by atoms with Crippen molar-refractivity contribution in [3.05, 3.63) is 18.3 Å². The van der Waals surface area contributed by atoms with Gasteiger partial charge in [-0.25, -0.2) is 4.98 Å². The largest absolute Gasteiger partial charge is 0.493 e. The van der Waals surface area contributed by atoms with Gasteiger partial charge in [-0.1, -0.05) is 6.92 Å². The lowest BCUT2D eigenvalue weighted by Gasteiger charge is -2.23. The van der Waals surface area contributed by atoms with Crippen molar-refractivity contribution in [3.8, 4) is 5.75 Å². The van der Waals surface area contributed by atoms with Crippen LogP contribution in [0, 0.1) is 5.92 Å². The minimum absolute atomic E-state index is 0.446. The second-order valence-corrected chi connectivity index (χ2v) is 3.75. The maximum atomic E-state index is 5.59. The molecule has 0 saturated carbocycles. The monoisotopic (exact) mass is 209 g/mol. The number of methoxy groups -OCH3 is 1. The molecule has 0 aromatic carbocycles. The highest BCUT2D eigenvalue weighted by Crippen LogP contribution is 2.23. The molecule has 0 aliphatic carbocycles. The Bertz CT molecular complexity index is 304. The standard InChI is InChI=1S/C11H19N3O/c1-9(7-12)8-14(2)11-10(15-3)5-4-6-13-11/h4-6,9H,7-8,12H2,1-3H3. The molecule has 0 amide bonds. The van der Waals surface area contributed by atoms with E-state index in [-0.39, 0.29) is 0 Å². The molecule has 1 rings (SSSR count). The molecule has 0 aliphatic rings. The topological polar surface area (TPSA) is 51.4 Å². The first kappa shape index (κ1) is 11.8. The number of ether oxygens (including phenoxy) is 1. The Labute approximate surface area is 91.1 Å². The number of nitrogens with zero attached hydrogens (tertiary/aromatic N) is 2. The molecular formula is C11H19N3O. The van der Waals surface area contributed by atoms with Crippen LogP contribution in [-0.2, 0) is 0 Å². The van der Waals surface area contributed by atoms with Crippen LogP contribution in [0.1, 0.15) is 6.92 Å². The molecule has 4 heteroatoms. The number of aromatic nitrogens is 1. The van der Waals surface area contributed by atoms with E-state index in [9.17, 15) is 0 Å². The second kappa shape index (κ2) is 5.56. The zero-order chi connectivity index (χ0) is 11.3. The van der Waals surface area contributed by atoms with Crippen LogP contribution in [0.3, 0.4) is 0 Å². The summed E-state index contributed by atoms with van der Waals surface area (Å²) in [5, 5.41) is 0. The van der Waals surface area contributed by atoms with E-state index in [4.69, 9.17) is 10.5 Å². The number of anilines is 1. The number of rotatable bonds is 5. The van der Waals surface area contributed by atoms with Gasteiger partial charge in [-0.2, -0.15) is 0 Å². The van der Waals surface area contributed by atoms with Crippen molar-refractivity contribution < 1.29 is 4.74 Å². The molecule has 1 aromatic heterocycles. The molecule has 1 unspecified atom stereocenters. The van der Waals surface area contributed by atoms with Crippen molar-refractivity contribution in [2.75, 3.05) is 32.1 Å². The van der Waals surface area contributed by atoms with Crippen molar-refractivity contribution in [3.63, 3.8) is 0 Å². The average Bonchev–Trinajstić information content (AvgIpc) is 2.28. The zero-order valence-corrected chi connectivity index (χ0v) is 9.60. The smallest absolute Gasteiger partial charge is 0.171 e. The quantitative estimate of drug-likeness (QED) is 0.789. The van der Waals surface area contributed by atoms with Gasteiger partial charge in [-0.05, 0) is 24.6 Å². The normalized spacial score (nSPS) is 12.3. The van der Waals surface area contributed by atoms with E-state index in [0.717, 1.165) is 18.1 Å². The third-order valence-corrected chi connectivity index (χ3v) is 2.32. The van der Waals surface area contributed by atoms with Crippen molar-refractivity contribution in [2.45, 2.75) is 6.92 Å². The third kappa shape index (κ3) is 3.09. The number of hydrogen-bond acceptors (Lipinski definition) is 4. The summed E-state index contributed by atoms with van der Waals surface area (Å²) in [6.45, 7) is 3.68. The lowest BCUT2D eigenvalue weighted by atomic mass is 10.2. The molecule has 1 atom stereocenters. The molecule has 0 radical (unpaired) electrons. The van der Waals surface area contributed by atoms with Crippen molar-refractivity contribution >= 4 is 5.82 Å². The fourth-order valence-electron chi connectivity index (χ4n) is 1.46. The van der Waals surface area contributed by atoms with E-state index < -0.39 is 0 Å². The fraction of sp³-hybridized carbons (Fsp3) is 0.545. The molecule has 0 saturated heterocycles. The highest BCUT2D eigenvalue weighted by molar-refractivity contribution is 5.51. The number of pyridine rings is 1. The molecule has 0 spiro atoms. The predicted molar refractivity (Wildman–Crippen MR) is 62.3 cm³/mol. The van der Waals surface area contributed by atoms with Gasteiger partial charge in [0.15, 0.2) is 11.6 Å². The summed E-state index contributed by atoms with van der Waals surface area (Å²) in [6.07, 6.45) is 1.77. The van der Waals surface area contributed by atoms with E-state index in [1.54, 1.807) is 13.3 Å². The molecule has 1 heterocycles. The van der Waals surface area contributed by atoms with Crippen molar-refractivity contribution in [2.24, 2.45) is 11.7 Å². The second-order valence-electron chi connectivity index (χ2n) is 3.75. The van der Waals surface area contributed by atoms with Crippen LogP contribution in [0.4, 0.5) is 5.82 Å². The molecule has 4 nitrogen and oxygen atoms in total. The highest BCUT2D eigenvalue weighted by atomic mass is 16.5. The minimum atomic E-state index is 0.446. The first-order valence-electron chi connectivity index (χ1n) is 5.09. The molecule has 2 N–H and O–H groups in total. The minimum Gasteiger partial charge on any atom is -0.493 e. The number of hydrogen-bond donors (Lipinski definition) is 1. The van der Waals surface area contributed by atoms with Gasteiger partial charge >= 0.3 is 0 Å². The van der Waals surface area contributed by atoms with Crippen LogP contribution in [-0.4, -0.2) is 32.2 Å². The Hall–Kier alpha value is -1.29. The van der Waals surface area contributed by atoms with E-state index in [1.165, 1.54) is 0 Å². The maximum absolute atomic E-state index is 5.59.